The summed E-state index contributed by atoms with van der Waals surface area (Å²) in [4.78, 5) is 28.8. The number of halogens is 2. The molecule has 0 fully saturated rings. The Bertz CT molecular complexity index is 1030. The van der Waals surface area contributed by atoms with Crippen LogP contribution in [-0.4, -0.2) is 23.0 Å². The third-order valence-electron chi connectivity index (χ3n) is 3.81. The van der Waals surface area contributed by atoms with E-state index in [2.05, 4.69) is 10.3 Å². The summed E-state index contributed by atoms with van der Waals surface area (Å²) in [6, 6.07) is 13.6. The van der Waals surface area contributed by atoms with Crippen LogP contribution in [0.3, 0.4) is 0 Å². The van der Waals surface area contributed by atoms with E-state index < -0.39 is 23.8 Å². The molecule has 6 nitrogen and oxygen atoms in total. The minimum atomic E-state index is -1.18. The van der Waals surface area contributed by atoms with Crippen molar-refractivity contribution in [1.82, 2.24) is 4.98 Å². The summed E-state index contributed by atoms with van der Waals surface area (Å²) in [7, 11) is 0. The number of amides is 1. The van der Waals surface area contributed by atoms with Crippen LogP contribution in [0, 0.1) is 5.82 Å². The molecule has 0 bridgehead atoms. The average molecular weight is 415 g/mol. The number of anilines is 1. The van der Waals surface area contributed by atoms with Crippen LogP contribution >= 0.6 is 11.6 Å². The lowest BCUT2D eigenvalue weighted by Gasteiger charge is -2.15. The molecule has 1 heterocycles. The molecular weight excluding hydrogens is 399 g/mol. The molecule has 0 saturated heterocycles. The molecule has 29 heavy (non-hydrogen) atoms. The van der Waals surface area contributed by atoms with Crippen LogP contribution in [0.1, 0.15) is 17.3 Å². The Balaban J connectivity index is 1.69. The van der Waals surface area contributed by atoms with E-state index >= 15 is 0 Å². The van der Waals surface area contributed by atoms with Crippen LogP contribution in [0.5, 0.6) is 11.5 Å². The molecule has 3 aromatic rings. The van der Waals surface area contributed by atoms with Gasteiger partial charge in [-0.05, 0) is 49.4 Å². The number of hydrogen-bond donors (Lipinski definition) is 1. The summed E-state index contributed by atoms with van der Waals surface area (Å²) in [6.07, 6.45) is 1.92. The molecule has 0 aliphatic heterocycles. The van der Waals surface area contributed by atoms with Crippen LogP contribution in [0.15, 0.2) is 67.0 Å². The number of nitrogens with zero attached hydrogens (tertiary/aromatic N) is 1. The van der Waals surface area contributed by atoms with E-state index in [1.807, 2.05) is 0 Å². The summed E-state index contributed by atoms with van der Waals surface area (Å²) in [5, 5.41) is 2.56. The van der Waals surface area contributed by atoms with Crippen LogP contribution in [0.25, 0.3) is 0 Å². The first-order valence-corrected chi connectivity index (χ1v) is 8.95. The molecule has 1 aromatic heterocycles. The van der Waals surface area contributed by atoms with Gasteiger partial charge in [-0.1, -0.05) is 23.7 Å². The van der Waals surface area contributed by atoms with Crippen LogP contribution < -0.4 is 10.1 Å². The fourth-order valence-electron chi connectivity index (χ4n) is 2.36. The largest absolute Gasteiger partial charge is 0.455 e. The lowest BCUT2D eigenvalue weighted by molar-refractivity contribution is -0.123. The third kappa shape index (κ3) is 5.30. The SMILES string of the molecule is CC(OC(=O)c1ccccc1Oc1cccnc1)C(=O)Nc1ccc(Cl)cc1F. The van der Waals surface area contributed by atoms with E-state index in [9.17, 15) is 14.0 Å². The van der Waals surface area contributed by atoms with E-state index in [0.29, 0.717) is 5.75 Å². The van der Waals surface area contributed by atoms with Gasteiger partial charge in [0, 0.05) is 11.2 Å². The predicted octanol–water partition coefficient (Wildman–Crippen LogP) is 4.85. The summed E-state index contributed by atoms with van der Waals surface area (Å²) >= 11 is 5.69. The molecule has 1 atom stereocenters. The minimum Gasteiger partial charge on any atom is -0.455 e. The molecule has 3 rings (SSSR count). The number of hydrogen-bond acceptors (Lipinski definition) is 5. The van der Waals surface area contributed by atoms with Crippen molar-refractivity contribution >= 4 is 29.2 Å². The lowest BCUT2D eigenvalue weighted by Crippen LogP contribution is -2.30. The van der Waals surface area contributed by atoms with Crippen molar-refractivity contribution < 1.29 is 23.5 Å². The van der Waals surface area contributed by atoms with Crippen LogP contribution in [0.2, 0.25) is 5.02 Å². The highest BCUT2D eigenvalue weighted by Crippen LogP contribution is 2.25. The molecule has 0 saturated carbocycles. The van der Waals surface area contributed by atoms with Crippen molar-refractivity contribution in [2.75, 3.05) is 5.32 Å². The maximum atomic E-state index is 13.8. The highest BCUT2D eigenvalue weighted by molar-refractivity contribution is 6.30. The number of benzene rings is 2. The fourth-order valence-corrected chi connectivity index (χ4v) is 2.52. The molecule has 1 amide bonds. The van der Waals surface area contributed by atoms with Crippen molar-refractivity contribution in [1.29, 1.82) is 0 Å². The molecule has 148 valence electrons. The minimum absolute atomic E-state index is 0.0670. The zero-order valence-corrected chi connectivity index (χ0v) is 16.0. The molecule has 0 radical (unpaired) electrons. The van der Waals surface area contributed by atoms with Gasteiger partial charge in [-0.2, -0.15) is 0 Å². The predicted molar refractivity (Wildman–Crippen MR) is 106 cm³/mol. The molecule has 0 spiro atoms. The highest BCUT2D eigenvalue weighted by atomic mass is 35.5. The first kappa shape index (κ1) is 20.3. The normalized spacial score (nSPS) is 11.4. The Morgan fingerprint density at radius 2 is 1.93 bits per heavy atom. The van der Waals surface area contributed by atoms with Gasteiger partial charge < -0.3 is 14.8 Å². The number of carbonyl (C=O) groups is 2. The lowest BCUT2D eigenvalue weighted by atomic mass is 10.2. The van der Waals surface area contributed by atoms with Crippen molar-refractivity contribution in [3.63, 3.8) is 0 Å². The smallest absolute Gasteiger partial charge is 0.342 e. The Morgan fingerprint density at radius 1 is 1.14 bits per heavy atom. The monoisotopic (exact) mass is 414 g/mol. The topological polar surface area (TPSA) is 77.5 Å². The second kappa shape index (κ2) is 9.16. The zero-order chi connectivity index (χ0) is 20.8. The molecular formula is C21H16ClFN2O4. The summed E-state index contributed by atoms with van der Waals surface area (Å²) in [6.45, 7) is 1.38. The molecule has 1 N–H and O–H groups in total. The second-order valence-electron chi connectivity index (χ2n) is 5.95. The number of rotatable bonds is 6. The zero-order valence-electron chi connectivity index (χ0n) is 15.3. The van der Waals surface area contributed by atoms with Gasteiger partial charge in [0.1, 0.15) is 22.9 Å². The second-order valence-corrected chi connectivity index (χ2v) is 6.38. The third-order valence-corrected chi connectivity index (χ3v) is 4.05. The van der Waals surface area contributed by atoms with Crippen LogP contribution in [-0.2, 0) is 9.53 Å². The Kier molecular flexibility index (Phi) is 6.41. The van der Waals surface area contributed by atoms with Crippen LogP contribution in [0.4, 0.5) is 10.1 Å². The van der Waals surface area contributed by atoms with E-state index in [4.69, 9.17) is 21.1 Å². The standard InChI is InChI=1S/C21H16ClFN2O4/c1-13(20(26)25-18-9-8-14(22)11-17(18)23)28-21(27)16-6-2-3-7-19(16)29-15-5-4-10-24-12-15/h2-13H,1H3,(H,25,26). The summed E-state index contributed by atoms with van der Waals surface area (Å²) < 4.78 is 24.7. The molecule has 0 aliphatic carbocycles. The number of ether oxygens (including phenoxy) is 2. The fraction of sp³-hybridized carbons (Fsp3) is 0.0952. The van der Waals surface area contributed by atoms with Gasteiger partial charge in [-0.25, -0.2) is 9.18 Å². The Hall–Kier alpha value is -3.45. The van der Waals surface area contributed by atoms with E-state index in [1.54, 1.807) is 36.5 Å². The van der Waals surface area contributed by atoms with Gasteiger partial charge in [0.25, 0.3) is 5.91 Å². The van der Waals surface area contributed by atoms with Gasteiger partial charge in [-0.15, -0.1) is 0 Å². The van der Waals surface area contributed by atoms with Gasteiger partial charge in [-0.3, -0.25) is 9.78 Å². The molecule has 1 unspecified atom stereocenters. The van der Waals surface area contributed by atoms with E-state index in [1.165, 1.54) is 31.3 Å². The number of para-hydroxylation sites is 1. The maximum absolute atomic E-state index is 13.8. The quantitative estimate of drug-likeness (QED) is 0.583. The molecule has 2 aromatic carbocycles. The number of nitrogens with one attached hydrogen (secondary N) is 1. The van der Waals surface area contributed by atoms with Crippen molar-refractivity contribution in [3.8, 4) is 11.5 Å². The maximum Gasteiger partial charge on any atom is 0.342 e. The van der Waals surface area contributed by atoms with Crippen molar-refractivity contribution in [2.45, 2.75) is 13.0 Å². The summed E-state index contributed by atoms with van der Waals surface area (Å²) in [5.41, 5.74) is 0.0660. The van der Waals surface area contributed by atoms with Crippen molar-refractivity contribution in [3.05, 3.63) is 83.4 Å². The first-order valence-electron chi connectivity index (χ1n) is 8.58. The number of carbonyl (C=O) groups excluding carboxylic acids is 2. The van der Waals surface area contributed by atoms with Gasteiger partial charge in [0.15, 0.2) is 6.10 Å². The number of aromatic nitrogens is 1. The summed E-state index contributed by atoms with van der Waals surface area (Å²) in [5.74, 6) is -1.45. The van der Waals surface area contributed by atoms with E-state index in [0.717, 1.165) is 6.07 Å². The average Bonchev–Trinajstić information content (AvgIpc) is 2.71. The van der Waals surface area contributed by atoms with Gasteiger partial charge in [0.05, 0.1) is 11.9 Å². The van der Waals surface area contributed by atoms with Crippen molar-refractivity contribution in [2.24, 2.45) is 0 Å². The first-order chi connectivity index (χ1) is 13.9. The Morgan fingerprint density at radius 3 is 2.66 bits per heavy atom. The Labute approximate surface area is 171 Å². The molecule has 0 aliphatic rings. The van der Waals surface area contributed by atoms with Gasteiger partial charge in [0.2, 0.25) is 0 Å². The number of pyridine rings is 1. The number of esters is 1. The van der Waals surface area contributed by atoms with Gasteiger partial charge >= 0.3 is 5.97 Å². The highest BCUT2D eigenvalue weighted by Gasteiger charge is 2.22. The van der Waals surface area contributed by atoms with E-state index in [-0.39, 0.29) is 22.0 Å². The molecule has 8 heteroatoms.